The smallest absolute Gasteiger partial charge is 0.159 e. The highest BCUT2D eigenvalue weighted by Crippen LogP contribution is 2.35. The third-order valence-electron chi connectivity index (χ3n) is 7.33. The predicted octanol–water partition coefficient (Wildman–Crippen LogP) is 7.33. The number of benzene rings is 2. The molecule has 7 rings (SSSR count). The van der Waals surface area contributed by atoms with E-state index in [1.54, 1.807) is 17.5 Å². The van der Waals surface area contributed by atoms with Gasteiger partial charge in [0.25, 0.3) is 0 Å². The summed E-state index contributed by atoms with van der Waals surface area (Å²) in [5.41, 5.74) is 7.63. The third kappa shape index (κ3) is 4.19. The van der Waals surface area contributed by atoms with Crippen molar-refractivity contribution in [2.75, 3.05) is 13.1 Å². The molecule has 1 saturated heterocycles. The Balaban J connectivity index is 1.30. The van der Waals surface area contributed by atoms with E-state index in [-0.39, 0.29) is 5.82 Å². The summed E-state index contributed by atoms with van der Waals surface area (Å²) in [6.07, 6.45) is 5.60. The number of aryl methyl sites for hydroxylation is 1. The Labute approximate surface area is 223 Å². The van der Waals surface area contributed by atoms with Crippen LogP contribution in [0.3, 0.4) is 0 Å². The molecule has 8 heteroatoms. The standard InChI is InChI=1S/C30H27FN6S/c1-18-12-19(17-37-9-3-2-4-10-37)14-20(13-18)21-15-22-25(16-23(21)31)35-36-27(22)30-33-24-7-8-32-29(28(24)34-30)26-6-5-11-38-26/h5-8,11-16H,2-4,9-10,17H2,1H3,(H,33,34)(H,35,36). The van der Waals surface area contributed by atoms with Crippen LogP contribution in [0, 0.1) is 12.7 Å². The van der Waals surface area contributed by atoms with Gasteiger partial charge in [0.2, 0.25) is 0 Å². The molecule has 1 aliphatic rings. The number of pyridine rings is 1. The van der Waals surface area contributed by atoms with Gasteiger partial charge in [-0.15, -0.1) is 11.3 Å². The number of hydrogen-bond donors (Lipinski definition) is 2. The second kappa shape index (κ2) is 9.45. The molecule has 4 aromatic heterocycles. The number of likely N-dealkylation sites (tertiary alicyclic amines) is 1. The molecular weight excluding hydrogens is 495 g/mol. The number of nitrogens with zero attached hydrogens (tertiary/aromatic N) is 4. The molecule has 0 spiro atoms. The Kier molecular flexibility index (Phi) is 5.78. The van der Waals surface area contributed by atoms with E-state index in [1.165, 1.54) is 30.9 Å². The van der Waals surface area contributed by atoms with Gasteiger partial charge in [-0.25, -0.2) is 9.37 Å². The zero-order valence-electron chi connectivity index (χ0n) is 21.1. The van der Waals surface area contributed by atoms with Gasteiger partial charge in [0.15, 0.2) is 5.82 Å². The highest BCUT2D eigenvalue weighted by atomic mass is 32.1. The van der Waals surface area contributed by atoms with Gasteiger partial charge in [0.05, 0.1) is 15.9 Å². The van der Waals surface area contributed by atoms with Crippen LogP contribution in [0.4, 0.5) is 4.39 Å². The second-order valence-electron chi connectivity index (χ2n) is 10.1. The van der Waals surface area contributed by atoms with Crippen LogP contribution >= 0.6 is 11.3 Å². The van der Waals surface area contributed by atoms with Crippen LogP contribution in [0.15, 0.2) is 60.1 Å². The SMILES string of the molecule is Cc1cc(CN2CCCCC2)cc(-c2cc3c(-c4nc5c(-c6cccs6)nccc5[nH]4)n[nH]c3cc2F)c1. The van der Waals surface area contributed by atoms with Crippen LogP contribution in [0.2, 0.25) is 0 Å². The molecule has 2 N–H and O–H groups in total. The quantitative estimate of drug-likeness (QED) is 0.249. The molecule has 0 amide bonds. The van der Waals surface area contributed by atoms with E-state index in [0.717, 1.165) is 57.8 Å². The summed E-state index contributed by atoms with van der Waals surface area (Å²) in [5, 5.41) is 10.4. The van der Waals surface area contributed by atoms with Gasteiger partial charge in [-0.05, 0) is 73.6 Å². The van der Waals surface area contributed by atoms with E-state index in [1.807, 2.05) is 29.6 Å². The summed E-state index contributed by atoms with van der Waals surface area (Å²) in [5.74, 6) is 0.362. The van der Waals surface area contributed by atoms with Gasteiger partial charge in [0, 0.05) is 29.8 Å². The lowest BCUT2D eigenvalue weighted by molar-refractivity contribution is 0.221. The number of halogens is 1. The number of rotatable bonds is 5. The number of piperidine rings is 1. The zero-order chi connectivity index (χ0) is 25.6. The predicted molar refractivity (Wildman–Crippen MR) is 152 cm³/mol. The number of aromatic nitrogens is 5. The lowest BCUT2D eigenvalue weighted by Gasteiger charge is -2.26. The van der Waals surface area contributed by atoms with Crippen LogP contribution in [-0.2, 0) is 6.54 Å². The molecule has 38 heavy (non-hydrogen) atoms. The number of nitrogens with one attached hydrogen (secondary N) is 2. The molecule has 0 radical (unpaired) electrons. The van der Waals surface area contributed by atoms with Crippen molar-refractivity contribution < 1.29 is 4.39 Å². The summed E-state index contributed by atoms with van der Waals surface area (Å²) in [6.45, 7) is 5.23. The van der Waals surface area contributed by atoms with Gasteiger partial charge in [-0.3, -0.25) is 15.0 Å². The first kappa shape index (κ1) is 23.3. The Morgan fingerprint density at radius 1 is 1.00 bits per heavy atom. The largest absolute Gasteiger partial charge is 0.336 e. The average molecular weight is 523 g/mol. The first-order valence-corrected chi connectivity index (χ1v) is 13.9. The van der Waals surface area contributed by atoms with E-state index in [9.17, 15) is 0 Å². The molecule has 5 heterocycles. The van der Waals surface area contributed by atoms with Crippen LogP contribution in [0.1, 0.15) is 30.4 Å². The minimum absolute atomic E-state index is 0.268. The first-order chi connectivity index (χ1) is 18.6. The normalized spacial score (nSPS) is 14.6. The number of imidazole rings is 1. The Hall–Kier alpha value is -3.88. The Morgan fingerprint density at radius 2 is 1.89 bits per heavy atom. The number of hydrogen-bond acceptors (Lipinski definition) is 5. The van der Waals surface area contributed by atoms with Crippen LogP contribution in [0.5, 0.6) is 0 Å². The molecule has 0 bridgehead atoms. The number of fused-ring (bicyclic) bond motifs is 2. The molecule has 2 aromatic carbocycles. The first-order valence-electron chi connectivity index (χ1n) is 13.0. The topological polar surface area (TPSA) is 73.5 Å². The van der Waals surface area contributed by atoms with E-state index in [4.69, 9.17) is 4.98 Å². The summed E-state index contributed by atoms with van der Waals surface area (Å²) in [4.78, 5) is 16.4. The van der Waals surface area contributed by atoms with Crippen molar-refractivity contribution in [3.63, 3.8) is 0 Å². The third-order valence-corrected chi connectivity index (χ3v) is 8.21. The van der Waals surface area contributed by atoms with Gasteiger partial charge in [-0.1, -0.05) is 30.2 Å². The molecular formula is C30H27FN6S. The second-order valence-corrected chi connectivity index (χ2v) is 11.1. The van der Waals surface area contributed by atoms with Crippen molar-refractivity contribution in [1.82, 2.24) is 30.0 Å². The molecule has 0 saturated carbocycles. The van der Waals surface area contributed by atoms with Gasteiger partial charge >= 0.3 is 0 Å². The highest BCUT2D eigenvalue weighted by molar-refractivity contribution is 7.13. The van der Waals surface area contributed by atoms with Gasteiger partial charge in [0.1, 0.15) is 22.7 Å². The van der Waals surface area contributed by atoms with E-state index < -0.39 is 0 Å². The van der Waals surface area contributed by atoms with Crippen molar-refractivity contribution in [3.05, 3.63) is 77.1 Å². The highest BCUT2D eigenvalue weighted by Gasteiger charge is 2.19. The van der Waals surface area contributed by atoms with Crippen molar-refractivity contribution in [1.29, 1.82) is 0 Å². The molecule has 6 nitrogen and oxygen atoms in total. The van der Waals surface area contributed by atoms with Crippen molar-refractivity contribution in [2.45, 2.75) is 32.7 Å². The monoisotopic (exact) mass is 522 g/mol. The van der Waals surface area contributed by atoms with E-state index >= 15 is 4.39 Å². The Bertz CT molecular complexity index is 1760. The summed E-state index contributed by atoms with van der Waals surface area (Å²) in [7, 11) is 0. The zero-order valence-corrected chi connectivity index (χ0v) is 21.9. The Morgan fingerprint density at radius 3 is 2.74 bits per heavy atom. The van der Waals surface area contributed by atoms with Gasteiger partial charge in [-0.2, -0.15) is 5.10 Å². The molecule has 1 aliphatic heterocycles. The van der Waals surface area contributed by atoms with Crippen LogP contribution < -0.4 is 0 Å². The van der Waals surface area contributed by atoms with Crippen molar-refractivity contribution in [3.8, 4) is 33.2 Å². The number of aromatic amines is 2. The molecule has 6 aromatic rings. The summed E-state index contributed by atoms with van der Waals surface area (Å²) < 4.78 is 15.4. The minimum Gasteiger partial charge on any atom is -0.336 e. The molecule has 0 unspecified atom stereocenters. The minimum atomic E-state index is -0.268. The summed E-state index contributed by atoms with van der Waals surface area (Å²) >= 11 is 1.63. The summed E-state index contributed by atoms with van der Waals surface area (Å²) in [6, 6.07) is 15.8. The molecule has 1 fully saturated rings. The lowest BCUT2D eigenvalue weighted by atomic mass is 9.97. The van der Waals surface area contributed by atoms with Gasteiger partial charge < -0.3 is 4.98 Å². The maximum atomic E-state index is 15.4. The molecule has 0 atom stereocenters. The lowest BCUT2D eigenvalue weighted by Crippen LogP contribution is -2.29. The molecule has 0 aliphatic carbocycles. The van der Waals surface area contributed by atoms with Crippen LogP contribution in [0.25, 0.3) is 55.2 Å². The maximum absolute atomic E-state index is 15.4. The maximum Gasteiger partial charge on any atom is 0.159 e. The van der Waals surface area contributed by atoms with E-state index in [0.29, 0.717) is 22.6 Å². The van der Waals surface area contributed by atoms with Crippen molar-refractivity contribution >= 4 is 33.3 Å². The van der Waals surface area contributed by atoms with Crippen LogP contribution in [-0.4, -0.2) is 43.1 Å². The fourth-order valence-electron chi connectivity index (χ4n) is 5.57. The molecule has 190 valence electrons. The average Bonchev–Trinajstić information content (AvgIpc) is 3.67. The van der Waals surface area contributed by atoms with E-state index in [2.05, 4.69) is 50.2 Å². The number of H-pyrrole nitrogens is 2. The van der Waals surface area contributed by atoms with Crippen molar-refractivity contribution in [2.24, 2.45) is 0 Å². The number of thiophene rings is 1. The fraction of sp³-hybridized carbons (Fsp3) is 0.233. The fourth-order valence-corrected chi connectivity index (χ4v) is 6.29.